The number of esters is 1. The van der Waals surface area contributed by atoms with Crippen LogP contribution in [-0.2, 0) is 9.53 Å². The van der Waals surface area contributed by atoms with Crippen molar-refractivity contribution in [3.05, 3.63) is 11.1 Å². The Labute approximate surface area is 100 Å². The summed E-state index contributed by atoms with van der Waals surface area (Å²) in [6.07, 6.45) is 0.787. The summed E-state index contributed by atoms with van der Waals surface area (Å²) in [6.45, 7) is 15.8. The first-order valence-corrected chi connectivity index (χ1v) is 5.92. The van der Waals surface area contributed by atoms with Gasteiger partial charge < -0.3 is 4.74 Å². The summed E-state index contributed by atoms with van der Waals surface area (Å²) in [6, 6.07) is 0. The van der Waals surface area contributed by atoms with Gasteiger partial charge in [0.15, 0.2) is 0 Å². The maximum atomic E-state index is 12.0. The van der Waals surface area contributed by atoms with Gasteiger partial charge in [0.2, 0.25) is 0 Å². The lowest BCUT2D eigenvalue weighted by Crippen LogP contribution is -2.36. The quantitative estimate of drug-likeness (QED) is 0.533. The van der Waals surface area contributed by atoms with E-state index in [2.05, 4.69) is 0 Å². The Morgan fingerprint density at radius 3 is 1.81 bits per heavy atom. The molecule has 0 fully saturated rings. The SMILES string of the molecule is CCC(C)(C)C(=O)OC(C)(C)C(C)=C(C)C. The van der Waals surface area contributed by atoms with Crippen molar-refractivity contribution < 1.29 is 9.53 Å². The number of carbonyl (C=O) groups excluding carboxylic acids is 1. The normalized spacial score (nSPS) is 12.2. The Morgan fingerprint density at radius 2 is 1.50 bits per heavy atom. The first-order chi connectivity index (χ1) is 7.04. The summed E-state index contributed by atoms with van der Waals surface area (Å²) in [7, 11) is 0. The second-order valence-electron chi connectivity index (χ2n) is 5.76. The molecule has 94 valence electrons. The number of rotatable bonds is 4. The van der Waals surface area contributed by atoms with Gasteiger partial charge in [-0.1, -0.05) is 12.5 Å². The number of hydrogen-bond acceptors (Lipinski definition) is 2. The fraction of sp³-hybridized carbons (Fsp3) is 0.786. The molecule has 0 atom stereocenters. The first kappa shape index (κ1) is 15.2. The van der Waals surface area contributed by atoms with Crippen LogP contribution >= 0.6 is 0 Å². The van der Waals surface area contributed by atoms with E-state index in [1.165, 1.54) is 5.57 Å². The van der Waals surface area contributed by atoms with Gasteiger partial charge in [0.1, 0.15) is 5.60 Å². The molecule has 0 aromatic carbocycles. The van der Waals surface area contributed by atoms with E-state index in [-0.39, 0.29) is 5.97 Å². The van der Waals surface area contributed by atoms with Crippen LogP contribution < -0.4 is 0 Å². The zero-order chi connectivity index (χ0) is 13.1. The largest absolute Gasteiger partial charge is 0.455 e. The van der Waals surface area contributed by atoms with E-state index in [4.69, 9.17) is 4.74 Å². The minimum atomic E-state index is -0.512. The van der Waals surface area contributed by atoms with Crippen LogP contribution in [0.25, 0.3) is 0 Å². The molecule has 0 aliphatic rings. The van der Waals surface area contributed by atoms with Crippen LogP contribution in [0.2, 0.25) is 0 Å². The molecule has 2 nitrogen and oxygen atoms in total. The zero-order valence-electron chi connectivity index (χ0n) is 12.0. The Balaban J connectivity index is 4.88. The van der Waals surface area contributed by atoms with Crippen LogP contribution in [-0.4, -0.2) is 11.6 Å². The van der Waals surface area contributed by atoms with Gasteiger partial charge in [-0.2, -0.15) is 0 Å². The standard InChI is InChI=1S/C14H26O2/c1-9-13(5,6)12(15)16-14(7,8)11(4)10(2)3/h9H2,1-8H3. The first-order valence-electron chi connectivity index (χ1n) is 5.92. The summed E-state index contributed by atoms with van der Waals surface area (Å²) in [4.78, 5) is 12.0. The van der Waals surface area contributed by atoms with Crippen molar-refractivity contribution >= 4 is 5.97 Å². The van der Waals surface area contributed by atoms with Crippen LogP contribution in [0.15, 0.2) is 11.1 Å². The maximum Gasteiger partial charge on any atom is 0.312 e. The molecule has 0 saturated heterocycles. The highest BCUT2D eigenvalue weighted by Gasteiger charge is 2.33. The molecule has 0 radical (unpaired) electrons. The van der Waals surface area contributed by atoms with E-state index in [9.17, 15) is 4.79 Å². The molecule has 16 heavy (non-hydrogen) atoms. The number of carbonyl (C=O) groups is 1. The van der Waals surface area contributed by atoms with E-state index < -0.39 is 11.0 Å². The van der Waals surface area contributed by atoms with E-state index in [0.717, 1.165) is 12.0 Å². The molecule has 0 spiro atoms. The van der Waals surface area contributed by atoms with Gasteiger partial charge in [-0.3, -0.25) is 4.79 Å². The van der Waals surface area contributed by atoms with Crippen molar-refractivity contribution in [2.24, 2.45) is 5.41 Å². The van der Waals surface area contributed by atoms with E-state index in [1.54, 1.807) is 0 Å². The van der Waals surface area contributed by atoms with Gasteiger partial charge in [0, 0.05) is 0 Å². The van der Waals surface area contributed by atoms with Gasteiger partial charge in [-0.15, -0.1) is 0 Å². The molecule has 0 aromatic heterocycles. The summed E-state index contributed by atoms with van der Waals surface area (Å²) in [5.74, 6) is -0.124. The second kappa shape index (κ2) is 5.03. The van der Waals surface area contributed by atoms with E-state index >= 15 is 0 Å². The Hall–Kier alpha value is -0.790. The van der Waals surface area contributed by atoms with Crippen LogP contribution in [0.4, 0.5) is 0 Å². The molecular weight excluding hydrogens is 200 g/mol. The topological polar surface area (TPSA) is 26.3 Å². The maximum absolute atomic E-state index is 12.0. The fourth-order valence-corrected chi connectivity index (χ4v) is 1.19. The van der Waals surface area contributed by atoms with Crippen molar-refractivity contribution in [1.82, 2.24) is 0 Å². The van der Waals surface area contributed by atoms with Crippen molar-refractivity contribution in [1.29, 1.82) is 0 Å². The highest BCUT2D eigenvalue weighted by atomic mass is 16.6. The summed E-state index contributed by atoms with van der Waals surface area (Å²) in [5.41, 5.74) is 1.40. The average Bonchev–Trinajstić information content (AvgIpc) is 2.15. The molecule has 0 aromatic rings. The van der Waals surface area contributed by atoms with Gasteiger partial charge in [-0.25, -0.2) is 0 Å². The molecule has 0 aliphatic heterocycles. The molecule has 0 rings (SSSR count). The van der Waals surface area contributed by atoms with Crippen molar-refractivity contribution in [2.45, 2.75) is 67.4 Å². The zero-order valence-corrected chi connectivity index (χ0v) is 12.0. The lowest BCUT2D eigenvalue weighted by atomic mass is 9.89. The third kappa shape index (κ3) is 3.66. The minimum absolute atomic E-state index is 0.124. The van der Waals surface area contributed by atoms with Crippen LogP contribution in [0.3, 0.4) is 0 Å². The van der Waals surface area contributed by atoms with Crippen LogP contribution in [0.1, 0.15) is 61.8 Å². The highest BCUT2D eigenvalue weighted by Crippen LogP contribution is 2.29. The Bertz CT molecular complexity index is 292. The summed E-state index contributed by atoms with van der Waals surface area (Å²) < 4.78 is 5.62. The number of ether oxygens (including phenoxy) is 1. The van der Waals surface area contributed by atoms with Crippen molar-refractivity contribution in [3.63, 3.8) is 0 Å². The third-order valence-corrected chi connectivity index (χ3v) is 3.44. The highest BCUT2D eigenvalue weighted by molar-refractivity contribution is 5.76. The minimum Gasteiger partial charge on any atom is -0.455 e. The lowest BCUT2D eigenvalue weighted by molar-refractivity contribution is -0.164. The number of allylic oxidation sites excluding steroid dienone is 1. The third-order valence-electron chi connectivity index (χ3n) is 3.44. The second-order valence-corrected chi connectivity index (χ2v) is 5.76. The van der Waals surface area contributed by atoms with Gasteiger partial charge in [0.05, 0.1) is 5.41 Å². The number of hydrogen-bond donors (Lipinski definition) is 0. The fourth-order valence-electron chi connectivity index (χ4n) is 1.19. The predicted molar refractivity (Wildman–Crippen MR) is 68.3 cm³/mol. The molecule has 0 saturated carbocycles. The molecule has 0 amide bonds. The monoisotopic (exact) mass is 226 g/mol. The van der Waals surface area contributed by atoms with E-state index in [1.807, 2.05) is 55.4 Å². The van der Waals surface area contributed by atoms with Crippen LogP contribution in [0, 0.1) is 5.41 Å². The van der Waals surface area contributed by atoms with Gasteiger partial charge >= 0.3 is 5.97 Å². The molecule has 0 N–H and O–H groups in total. The van der Waals surface area contributed by atoms with Gasteiger partial charge in [-0.05, 0) is 60.5 Å². The van der Waals surface area contributed by atoms with Crippen molar-refractivity contribution in [3.8, 4) is 0 Å². The molecule has 0 unspecified atom stereocenters. The summed E-state index contributed by atoms with van der Waals surface area (Å²) in [5, 5.41) is 0. The Morgan fingerprint density at radius 1 is 1.06 bits per heavy atom. The smallest absolute Gasteiger partial charge is 0.312 e. The molecule has 0 aliphatic carbocycles. The van der Waals surface area contributed by atoms with Gasteiger partial charge in [0.25, 0.3) is 0 Å². The van der Waals surface area contributed by atoms with Crippen LogP contribution in [0.5, 0.6) is 0 Å². The molecule has 0 heterocycles. The lowest BCUT2D eigenvalue weighted by Gasteiger charge is -2.32. The average molecular weight is 226 g/mol. The molecular formula is C14H26O2. The molecule has 0 bridgehead atoms. The summed E-state index contributed by atoms with van der Waals surface area (Å²) >= 11 is 0. The predicted octanol–water partition coefficient (Wildman–Crippen LogP) is 4.10. The Kier molecular flexibility index (Phi) is 4.78. The van der Waals surface area contributed by atoms with Crippen molar-refractivity contribution in [2.75, 3.05) is 0 Å². The van der Waals surface area contributed by atoms with E-state index in [0.29, 0.717) is 0 Å². The molecule has 2 heteroatoms.